The molecule has 8 heteroatoms. The molecule has 0 aliphatic heterocycles. The van der Waals surface area contributed by atoms with E-state index in [-0.39, 0.29) is 17.7 Å². The van der Waals surface area contributed by atoms with Crippen LogP contribution >= 0.6 is 0 Å². The van der Waals surface area contributed by atoms with Crippen LogP contribution in [0.15, 0.2) is 53.1 Å². The van der Waals surface area contributed by atoms with Gasteiger partial charge in [-0.1, -0.05) is 47.5 Å². The maximum absolute atomic E-state index is 12.3. The Morgan fingerprint density at radius 3 is 2.52 bits per heavy atom. The van der Waals surface area contributed by atoms with E-state index >= 15 is 0 Å². The molecule has 1 amide bonds. The van der Waals surface area contributed by atoms with E-state index in [1.54, 1.807) is 13.8 Å². The zero-order valence-corrected chi connectivity index (χ0v) is 18.0. The second-order valence-electron chi connectivity index (χ2n) is 7.26. The molecule has 33 heavy (non-hydrogen) atoms. The number of amides is 1. The quantitative estimate of drug-likeness (QED) is 0.611. The molecular weight excluding hydrogens is 424 g/mol. The summed E-state index contributed by atoms with van der Waals surface area (Å²) in [5.41, 5.74) is 4.61. The lowest BCUT2D eigenvalue weighted by molar-refractivity contribution is -0.191. The summed E-state index contributed by atoms with van der Waals surface area (Å²) in [6.45, 7) is 3.51. The first-order valence-electron chi connectivity index (χ1n) is 10.0. The van der Waals surface area contributed by atoms with Crippen molar-refractivity contribution in [3.8, 4) is 11.8 Å². The number of fused-ring (bicyclic) bond motifs is 1. The van der Waals surface area contributed by atoms with Gasteiger partial charge in [-0.15, -0.1) is 0 Å². The third-order valence-corrected chi connectivity index (χ3v) is 4.94. The number of aromatic nitrogens is 1. The topological polar surface area (TPSA) is 116 Å². The summed E-state index contributed by atoms with van der Waals surface area (Å²) < 4.78 is 10.7. The first kappa shape index (κ1) is 23.2. The third-order valence-electron chi connectivity index (χ3n) is 4.94. The summed E-state index contributed by atoms with van der Waals surface area (Å²) in [6, 6.07) is 15.2. The van der Waals surface area contributed by atoms with Crippen LogP contribution in [-0.2, 0) is 32.0 Å². The summed E-state index contributed by atoms with van der Waals surface area (Å²) in [5, 5.41) is 6.57. The Kier molecular flexibility index (Phi) is 7.53. The van der Waals surface area contributed by atoms with Crippen molar-refractivity contribution in [2.24, 2.45) is 0 Å². The first-order chi connectivity index (χ1) is 15.9. The Labute approximate surface area is 189 Å². The van der Waals surface area contributed by atoms with Crippen molar-refractivity contribution >= 4 is 23.7 Å². The number of hydrogen-bond donors (Lipinski definition) is 1. The third kappa shape index (κ3) is 6.03. The van der Waals surface area contributed by atoms with Gasteiger partial charge in [-0.2, -0.15) is 9.59 Å². The Morgan fingerprint density at radius 2 is 1.79 bits per heavy atom. The summed E-state index contributed by atoms with van der Waals surface area (Å²) >= 11 is 0. The molecule has 0 fully saturated rings. The van der Waals surface area contributed by atoms with Crippen LogP contribution in [0.25, 0.3) is 0 Å². The van der Waals surface area contributed by atoms with Gasteiger partial charge in [0.15, 0.2) is 0 Å². The van der Waals surface area contributed by atoms with E-state index in [1.807, 2.05) is 48.5 Å². The molecule has 1 aliphatic carbocycles. The molecule has 166 valence electrons. The van der Waals surface area contributed by atoms with Gasteiger partial charge in [-0.25, -0.2) is 4.79 Å². The monoisotopic (exact) mass is 444 g/mol. The van der Waals surface area contributed by atoms with Crippen molar-refractivity contribution in [2.45, 2.75) is 32.8 Å². The van der Waals surface area contributed by atoms with Crippen LogP contribution in [0.3, 0.4) is 0 Å². The maximum atomic E-state index is 12.3. The van der Waals surface area contributed by atoms with Gasteiger partial charge in [0, 0.05) is 18.4 Å². The molecule has 0 spiro atoms. The zero-order chi connectivity index (χ0) is 23.8. The number of hydrogen-bond acceptors (Lipinski definition) is 7. The fraction of sp³-hybridized carbons (Fsp3) is 0.200. The molecule has 1 aliphatic rings. The minimum Gasteiger partial charge on any atom is -0.441 e. The number of ether oxygens (including phenoxy) is 1. The normalized spacial score (nSPS) is 12.2. The van der Waals surface area contributed by atoms with E-state index in [2.05, 4.69) is 22.3 Å². The Hall–Kier alpha value is -4.47. The van der Waals surface area contributed by atoms with E-state index in [0.29, 0.717) is 24.2 Å². The van der Waals surface area contributed by atoms with Crippen LogP contribution in [-0.4, -0.2) is 23.2 Å². The van der Waals surface area contributed by atoms with Gasteiger partial charge < -0.3 is 9.26 Å². The highest BCUT2D eigenvalue weighted by molar-refractivity contribution is 5.88. The molecule has 1 heterocycles. The van der Waals surface area contributed by atoms with Gasteiger partial charge in [0.1, 0.15) is 23.3 Å². The Morgan fingerprint density at radius 1 is 1.09 bits per heavy atom. The number of rotatable bonds is 3. The van der Waals surface area contributed by atoms with Crippen molar-refractivity contribution in [1.82, 2.24) is 5.16 Å². The number of anilines is 1. The lowest BCUT2D eigenvalue weighted by Crippen LogP contribution is -2.16. The van der Waals surface area contributed by atoms with Crippen LogP contribution in [0, 0.1) is 18.8 Å². The molecule has 0 radical (unpaired) electrons. The minimum atomic E-state index is -0.614. The number of carbonyl (C=O) groups excluding carboxylic acids is 4. The number of aryl methyl sites for hydroxylation is 1. The molecule has 8 nitrogen and oxygen atoms in total. The lowest BCUT2D eigenvalue weighted by Gasteiger charge is -2.13. The second kappa shape index (κ2) is 10.7. The van der Waals surface area contributed by atoms with Gasteiger partial charge in [0.2, 0.25) is 5.76 Å². The van der Waals surface area contributed by atoms with Gasteiger partial charge in [-0.3, -0.25) is 10.1 Å². The summed E-state index contributed by atoms with van der Waals surface area (Å²) in [5.74, 6) is 6.38. The van der Waals surface area contributed by atoms with Gasteiger partial charge >= 0.3 is 12.2 Å². The summed E-state index contributed by atoms with van der Waals surface area (Å²) in [4.78, 5) is 40.2. The summed E-state index contributed by atoms with van der Waals surface area (Å²) in [7, 11) is 0. The van der Waals surface area contributed by atoms with E-state index in [4.69, 9.17) is 18.8 Å². The minimum absolute atomic E-state index is 0.218. The molecule has 0 saturated carbocycles. The largest absolute Gasteiger partial charge is 0.441 e. The molecule has 2 aromatic carbocycles. The molecule has 0 saturated heterocycles. The number of nitrogens with one attached hydrogen (secondary N) is 1. The smallest absolute Gasteiger partial charge is 0.412 e. The predicted molar refractivity (Wildman–Crippen MR) is 116 cm³/mol. The van der Waals surface area contributed by atoms with Crippen molar-refractivity contribution < 1.29 is 28.4 Å². The second-order valence-corrected chi connectivity index (χ2v) is 7.26. The van der Waals surface area contributed by atoms with Gasteiger partial charge in [-0.05, 0) is 48.6 Å². The molecule has 0 bridgehead atoms. The standard InChI is InChI=1S/C24H20N2O4.CO2/c1-15-23(25-24(28)29-16(2)18-6-4-3-5-7-18)22(30-26-15)11-9-17-8-10-19-13-21(27)14-20(19)12-17;2-1-3/h3-8,10,12,16H,13-14H2,1-2H3,(H,25,28);. The number of Topliss-reactive ketones (excluding diaryl/α,β-unsaturated/α-hetero) is 1. The van der Waals surface area contributed by atoms with Crippen molar-refractivity contribution in [2.75, 3.05) is 5.32 Å². The highest BCUT2D eigenvalue weighted by Gasteiger charge is 2.19. The van der Waals surface area contributed by atoms with Crippen LogP contribution in [0.1, 0.15) is 46.7 Å². The van der Waals surface area contributed by atoms with Crippen molar-refractivity contribution in [1.29, 1.82) is 0 Å². The maximum Gasteiger partial charge on any atom is 0.412 e. The fourth-order valence-corrected chi connectivity index (χ4v) is 3.34. The first-order valence-corrected chi connectivity index (χ1v) is 10.0. The van der Waals surface area contributed by atoms with Crippen LogP contribution < -0.4 is 5.32 Å². The molecule has 1 N–H and O–H groups in total. The Bertz CT molecular complexity index is 1260. The van der Waals surface area contributed by atoms with Crippen LogP contribution in [0.4, 0.5) is 10.5 Å². The molecule has 4 rings (SSSR count). The number of carbonyl (C=O) groups is 2. The highest BCUT2D eigenvalue weighted by Crippen LogP contribution is 2.23. The van der Waals surface area contributed by atoms with E-state index in [0.717, 1.165) is 22.3 Å². The van der Waals surface area contributed by atoms with E-state index in [1.165, 1.54) is 0 Å². The SMILES string of the molecule is Cc1noc(C#Cc2ccc3c(c2)CC(=O)C3)c1NC(=O)OC(C)c1ccccc1.O=C=O. The van der Waals surface area contributed by atoms with Crippen LogP contribution in [0.2, 0.25) is 0 Å². The zero-order valence-electron chi connectivity index (χ0n) is 18.0. The molecular formula is C25H20N2O6. The Balaban J connectivity index is 0.000000968. The van der Waals surface area contributed by atoms with Crippen molar-refractivity contribution in [3.63, 3.8) is 0 Å². The van der Waals surface area contributed by atoms with Gasteiger partial charge in [0.05, 0.1) is 0 Å². The van der Waals surface area contributed by atoms with E-state index in [9.17, 15) is 9.59 Å². The lowest BCUT2D eigenvalue weighted by atomic mass is 10.1. The number of ketones is 1. The average molecular weight is 444 g/mol. The highest BCUT2D eigenvalue weighted by atomic mass is 16.6. The molecule has 1 unspecified atom stereocenters. The number of benzene rings is 2. The van der Waals surface area contributed by atoms with E-state index < -0.39 is 12.2 Å². The summed E-state index contributed by atoms with van der Waals surface area (Å²) in [6.07, 6.45) is 0.165. The number of nitrogens with zero attached hydrogens (tertiary/aromatic N) is 1. The van der Waals surface area contributed by atoms with Crippen LogP contribution in [0.5, 0.6) is 0 Å². The fourth-order valence-electron chi connectivity index (χ4n) is 3.34. The molecule has 1 atom stereocenters. The average Bonchev–Trinajstić information content (AvgIpc) is 3.34. The molecule has 3 aromatic rings. The van der Waals surface area contributed by atoms with Crippen molar-refractivity contribution in [3.05, 3.63) is 82.2 Å². The predicted octanol–water partition coefficient (Wildman–Crippen LogP) is 3.78. The van der Waals surface area contributed by atoms with Gasteiger partial charge in [0.25, 0.3) is 0 Å². The molecule has 1 aromatic heterocycles.